The van der Waals surface area contributed by atoms with Gasteiger partial charge in [0.25, 0.3) is 5.56 Å². The van der Waals surface area contributed by atoms with E-state index in [1.54, 1.807) is 50.4 Å². The Kier molecular flexibility index (Phi) is 4.58. The van der Waals surface area contributed by atoms with Gasteiger partial charge in [0.15, 0.2) is 0 Å². The third-order valence-electron chi connectivity index (χ3n) is 4.41. The number of nitrogens with zero attached hydrogens (tertiary/aromatic N) is 1. The lowest BCUT2D eigenvalue weighted by molar-refractivity contribution is -0.118. The number of benzene rings is 2. The molecule has 1 atom stereocenters. The Morgan fingerprint density at radius 2 is 1.85 bits per heavy atom. The van der Waals surface area contributed by atoms with E-state index in [9.17, 15) is 14.4 Å². The summed E-state index contributed by atoms with van der Waals surface area (Å²) in [6, 6.07) is 13.3. The second kappa shape index (κ2) is 6.84. The van der Waals surface area contributed by atoms with Crippen LogP contribution in [0.25, 0.3) is 10.8 Å². The molecule has 3 aromatic rings. The van der Waals surface area contributed by atoms with E-state index < -0.39 is 11.9 Å². The molecular weight excluding hydrogens is 330 g/mol. The molecule has 0 aliphatic carbocycles. The lowest BCUT2D eigenvalue weighted by Gasteiger charge is -2.16. The van der Waals surface area contributed by atoms with Crippen molar-refractivity contribution in [2.24, 2.45) is 5.73 Å². The van der Waals surface area contributed by atoms with Crippen LogP contribution in [0.5, 0.6) is 0 Å². The van der Waals surface area contributed by atoms with Gasteiger partial charge in [-0.3, -0.25) is 14.4 Å². The van der Waals surface area contributed by atoms with E-state index in [2.05, 4.69) is 5.32 Å². The Hall–Kier alpha value is -3.41. The van der Waals surface area contributed by atoms with Gasteiger partial charge in [0.2, 0.25) is 11.8 Å². The minimum atomic E-state index is -0.717. The fourth-order valence-corrected chi connectivity index (χ4v) is 2.85. The Labute approximate surface area is 150 Å². The summed E-state index contributed by atoms with van der Waals surface area (Å²) in [5, 5.41) is 4.11. The largest absolute Gasteiger partial charge is 0.366 e. The highest BCUT2D eigenvalue weighted by atomic mass is 16.2. The van der Waals surface area contributed by atoms with Crippen molar-refractivity contribution in [3.05, 3.63) is 76.2 Å². The minimum Gasteiger partial charge on any atom is -0.366 e. The maximum absolute atomic E-state index is 12.6. The highest BCUT2D eigenvalue weighted by molar-refractivity contribution is 5.98. The first kappa shape index (κ1) is 17.4. The molecule has 1 aromatic heterocycles. The van der Waals surface area contributed by atoms with Crippen LogP contribution >= 0.6 is 0 Å². The van der Waals surface area contributed by atoms with E-state index >= 15 is 0 Å². The predicted molar refractivity (Wildman–Crippen MR) is 101 cm³/mol. The molecular formula is C20H19N3O3. The number of carbonyl (C=O) groups excluding carboxylic acids is 2. The zero-order valence-electron chi connectivity index (χ0n) is 14.5. The number of hydrogen-bond acceptors (Lipinski definition) is 3. The molecule has 6 heteroatoms. The molecule has 0 unspecified atom stereocenters. The van der Waals surface area contributed by atoms with Gasteiger partial charge in [-0.05, 0) is 49.1 Å². The van der Waals surface area contributed by atoms with Crippen molar-refractivity contribution < 1.29 is 9.59 Å². The second-order valence-corrected chi connectivity index (χ2v) is 6.17. The van der Waals surface area contributed by atoms with Crippen LogP contribution in [0.15, 0.2) is 59.5 Å². The number of nitrogens with two attached hydrogens (primary N) is 1. The van der Waals surface area contributed by atoms with Gasteiger partial charge in [0, 0.05) is 22.8 Å². The molecule has 6 nitrogen and oxygen atoms in total. The normalized spacial score (nSPS) is 11.9. The standard InChI is InChI=1S/C20H19N3O3/c1-12-7-8-15(11-17(12)18(21)24)22-19(25)13(2)23-10-9-14-5-3-4-6-16(14)20(23)26/h3-11,13H,1-2H3,(H2,21,24)(H,22,25)/t13-/m1/s1. The Morgan fingerprint density at radius 1 is 1.12 bits per heavy atom. The lowest BCUT2D eigenvalue weighted by Crippen LogP contribution is -2.31. The number of amides is 2. The SMILES string of the molecule is Cc1ccc(NC(=O)[C@@H](C)n2ccc3ccccc3c2=O)cc1C(N)=O. The summed E-state index contributed by atoms with van der Waals surface area (Å²) in [6.07, 6.45) is 1.61. The highest BCUT2D eigenvalue weighted by Crippen LogP contribution is 2.17. The zero-order chi connectivity index (χ0) is 18.8. The quantitative estimate of drug-likeness (QED) is 0.758. The Bertz CT molecular complexity index is 1070. The number of hydrogen-bond donors (Lipinski definition) is 2. The number of nitrogens with one attached hydrogen (secondary N) is 1. The van der Waals surface area contributed by atoms with E-state index in [-0.39, 0.29) is 11.5 Å². The van der Waals surface area contributed by atoms with E-state index in [4.69, 9.17) is 5.73 Å². The molecule has 132 valence electrons. The predicted octanol–water partition coefficient (Wildman–Crippen LogP) is 2.61. The summed E-state index contributed by atoms with van der Waals surface area (Å²) in [5.41, 5.74) is 6.64. The van der Waals surface area contributed by atoms with E-state index in [1.165, 1.54) is 10.6 Å². The summed E-state index contributed by atoms with van der Waals surface area (Å²) >= 11 is 0. The van der Waals surface area contributed by atoms with Gasteiger partial charge < -0.3 is 15.6 Å². The van der Waals surface area contributed by atoms with Crippen LogP contribution in [0, 0.1) is 6.92 Å². The van der Waals surface area contributed by atoms with Gasteiger partial charge in [0.1, 0.15) is 6.04 Å². The molecule has 0 bridgehead atoms. The Morgan fingerprint density at radius 3 is 2.58 bits per heavy atom. The van der Waals surface area contributed by atoms with Crippen LogP contribution in [0.2, 0.25) is 0 Å². The number of aryl methyl sites for hydroxylation is 1. The molecule has 2 aromatic carbocycles. The van der Waals surface area contributed by atoms with Crippen LogP contribution in [0.4, 0.5) is 5.69 Å². The number of pyridine rings is 1. The van der Waals surface area contributed by atoms with Crippen molar-refractivity contribution in [1.82, 2.24) is 4.57 Å². The zero-order valence-corrected chi connectivity index (χ0v) is 14.5. The van der Waals surface area contributed by atoms with Crippen molar-refractivity contribution in [1.29, 1.82) is 0 Å². The van der Waals surface area contributed by atoms with Gasteiger partial charge in [-0.2, -0.15) is 0 Å². The summed E-state index contributed by atoms with van der Waals surface area (Å²) < 4.78 is 1.39. The smallest absolute Gasteiger partial charge is 0.259 e. The highest BCUT2D eigenvalue weighted by Gasteiger charge is 2.18. The topological polar surface area (TPSA) is 94.2 Å². The third-order valence-corrected chi connectivity index (χ3v) is 4.41. The minimum absolute atomic E-state index is 0.229. The average molecular weight is 349 g/mol. The monoisotopic (exact) mass is 349 g/mol. The molecule has 0 saturated heterocycles. The number of carbonyl (C=O) groups is 2. The Balaban J connectivity index is 1.89. The van der Waals surface area contributed by atoms with Crippen LogP contribution in [0.1, 0.15) is 28.9 Å². The fourth-order valence-electron chi connectivity index (χ4n) is 2.85. The molecule has 0 aliphatic rings. The molecule has 0 fully saturated rings. The molecule has 0 saturated carbocycles. The van der Waals surface area contributed by atoms with Crippen LogP contribution in [0.3, 0.4) is 0 Å². The van der Waals surface area contributed by atoms with Crippen molar-refractivity contribution in [2.75, 3.05) is 5.32 Å². The van der Waals surface area contributed by atoms with Gasteiger partial charge in [-0.1, -0.05) is 24.3 Å². The average Bonchev–Trinajstić information content (AvgIpc) is 2.63. The van der Waals surface area contributed by atoms with Gasteiger partial charge in [-0.25, -0.2) is 0 Å². The van der Waals surface area contributed by atoms with Crippen LogP contribution in [-0.2, 0) is 4.79 Å². The number of aromatic nitrogens is 1. The van der Waals surface area contributed by atoms with Gasteiger partial charge >= 0.3 is 0 Å². The van der Waals surface area contributed by atoms with Crippen molar-refractivity contribution in [3.63, 3.8) is 0 Å². The molecule has 0 aliphatic heterocycles. The van der Waals surface area contributed by atoms with Gasteiger partial charge in [-0.15, -0.1) is 0 Å². The maximum atomic E-state index is 12.6. The molecule has 26 heavy (non-hydrogen) atoms. The van der Waals surface area contributed by atoms with Crippen LogP contribution in [-0.4, -0.2) is 16.4 Å². The number of fused-ring (bicyclic) bond motifs is 1. The van der Waals surface area contributed by atoms with Crippen LogP contribution < -0.4 is 16.6 Å². The first-order valence-electron chi connectivity index (χ1n) is 8.19. The summed E-state index contributed by atoms with van der Waals surface area (Å²) in [7, 11) is 0. The maximum Gasteiger partial charge on any atom is 0.259 e. The second-order valence-electron chi connectivity index (χ2n) is 6.17. The fraction of sp³-hybridized carbons (Fsp3) is 0.150. The molecule has 1 heterocycles. The number of primary amides is 1. The van der Waals surface area contributed by atoms with E-state index in [1.807, 2.05) is 12.1 Å². The third kappa shape index (κ3) is 3.21. The summed E-state index contributed by atoms with van der Waals surface area (Å²) in [6.45, 7) is 3.41. The van der Waals surface area contributed by atoms with Gasteiger partial charge in [0.05, 0.1) is 0 Å². The molecule has 3 N–H and O–H groups in total. The first-order chi connectivity index (χ1) is 12.4. The van der Waals surface area contributed by atoms with Crippen molar-refractivity contribution >= 4 is 28.3 Å². The molecule has 3 rings (SSSR count). The van der Waals surface area contributed by atoms with Crippen molar-refractivity contribution in [3.8, 4) is 0 Å². The number of anilines is 1. The lowest BCUT2D eigenvalue weighted by atomic mass is 10.1. The summed E-state index contributed by atoms with van der Waals surface area (Å²) in [5.74, 6) is -0.918. The van der Waals surface area contributed by atoms with E-state index in [0.717, 1.165) is 10.9 Å². The molecule has 0 radical (unpaired) electrons. The summed E-state index contributed by atoms with van der Waals surface area (Å²) in [4.78, 5) is 36.7. The number of rotatable bonds is 4. The molecule has 2 amide bonds. The van der Waals surface area contributed by atoms with E-state index in [0.29, 0.717) is 16.6 Å². The first-order valence-corrected chi connectivity index (χ1v) is 8.19. The van der Waals surface area contributed by atoms with Crippen molar-refractivity contribution in [2.45, 2.75) is 19.9 Å². The molecule has 0 spiro atoms.